The van der Waals surface area contributed by atoms with Crippen molar-refractivity contribution in [3.63, 3.8) is 0 Å². The van der Waals surface area contributed by atoms with Crippen molar-refractivity contribution in [2.75, 3.05) is 0 Å². The Morgan fingerprint density at radius 2 is 1.72 bits per heavy atom. The van der Waals surface area contributed by atoms with E-state index in [4.69, 9.17) is 0 Å². The number of nitrogens with zero attached hydrogens (tertiary/aromatic N) is 2. The number of para-hydroxylation sites is 2. The first kappa shape index (κ1) is 15.2. The molecule has 2 nitrogen and oxygen atoms in total. The molecule has 0 saturated heterocycles. The van der Waals surface area contributed by atoms with Crippen molar-refractivity contribution in [3.05, 3.63) is 30.6 Å². The molecule has 100 valence electrons. The zero-order valence-electron chi connectivity index (χ0n) is 11.7. The van der Waals surface area contributed by atoms with Gasteiger partial charge < -0.3 is 17.0 Å². The van der Waals surface area contributed by atoms with Crippen LogP contribution in [0, 0.1) is 11.8 Å². The Kier molecular flexibility index (Phi) is 5.39. The third-order valence-electron chi connectivity index (χ3n) is 2.90. The molecule has 0 bridgehead atoms. The smallest absolute Gasteiger partial charge is 0.244 e. The third kappa shape index (κ3) is 3.35. The van der Waals surface area contributed by atoms with Crippen LogP contribution in [0.25, 0.3) is 11.0 Å². The van der Waals surface area contributed by atoms with E-state index < -0.39 is 0 Å². The fraction of sp³-hybridized carbons (Fsp3) is 0.533. The average molecular weight is 311 g/mol. The van der Waals surface area contributed by atoms with Crippen LogP contribution >= 0.6 is 0 Å². The summed E-state index contributed by atoms with van der Waals surface area (Å²) in [7, 11) is 0. The quantitative estimate of drug-likeness (QED) is 0.716. The van der Waals surface area contributed by atoms with Crippen LogP contribution in [0.2, 0.25) is 0 Å². The minimum Gasteiger partial charge on any atom is -1.00 e. The summed E-state index contributed by atoms with van der Waals surface area (Å²) in [6, 6.07) is 8.68. The van der Waals surface area contributed by atoms with Crippen molar-refractivity contribution in [3.8, 4) is 0 Å². The van der Waals surface area contributed by atoms with E-state index in [1.807, 2.05) is 0 Å². The first-order chi connectivity index (χ1) is 8.08. The van der Waals surface area contributed by atoms with Crippen LogP contribution in [0.1, 0.15) is 27.7 Å². The van der Waals surface area contributed by atoms with Crippen molar-refractivity contribution in [1.29, 1.82) is 0 Å². The summed E-state index contributed by atoms with van der Waals surface area (Å²) < 4.78 is 4.75. The number of rotatable bonds is 4. The molecule has 0 aliphatic carbocycles. The van der Waals surface area contributed by atoms with Crippen LogP contribution in [-0.2, 0) is 13.1 Å². The van der Waals surface area contributed by atoms with Crippen LogP contribution in [0.4, 0.5) is 0 Å². The van der Waals surface area contributed by atoms with Crippen molar-refractivity contribution >= 4 is 11.0 Å². The summed E-state index contributed by atoms with van der Waals surface area (Å²) >= 11 is 0. The molecule has 3 heteroatoms. The van der Waals surface area contributed by atoms with Crippen molar-refractivity contribution in [2.24, 2.45) is 11.8 Å². The van der Waals surface area contributed by atoms with Crippen LogP contribution in [-0.4, -0.2) is 4.57 Å². The van der Waals surface area contributed by atoms with Gasteiger partial charge in [-0.2, -0.15) is 0 Å². The summed E-state index contributed by atoms with van der Waals surface area (Å²) in [6.45, 7) is 11.2. The van der Waals surface area contributed by atoms with Gasteiger partial charge in [0.15, 0.2) is 11.0 Å². The molecule has 0 aliphatic heterocycles. The normalized spacial score (nSPS) is 11.2. The highest BCUT2D eigenvalue weighted by Gasteiger charge is 2.16. The van der Waals surface area contributed by atoms with E-state index in [-0.39, 0.29) is 17.0 Å². The Balaban J connectivity index is 0.00000162. The lowest BCUT2D eigenvalue weighted by atomic mass is 10.2. The van der Waals surface area contributed by atoms with Crippen LogP contribution in [0.5, 0.6) is 0 Å². The summed E-state index contributed by atoms with van der Waals surface area (Å²) in [4.78, 5) is 0. The minimum atomic E-state index is 0. The number of aromatic nitrogens is 2. The van der Waals surface area contributed by atoms with E-state index in [0.29, 0.717) is 11.8 Å². The zero-order chi connectivity index (χ0) is 12.4. The molecule has 0 saturated carbocycles. The second-order valence-electron chi connectivity index (χ2n) is 5.70. The van der Waals surface area contributed by atoms with E-state index in [2.05, 4.69) is 67.4 Å². The lowest BCUT2D eigenvalue weighted by Crippen LogP contribution is -3.00. The van der Waals surface area contributed by atoms with E-state index in [0.717, 1.165) is 13.1 Å². The second kappa shape index (κ2) is 6.37. The molecular formula is C15H23BrN2. The van der Waals surface area contributed by atoms with Gasteiger partial charge in [-0.15, -0.1) is 0 Å². The van der Waals surface area contributed by atoms with Crippen molar-refractivity contribution < 1.29 is 21.5 Å². The molecule has 18 heavy (non-hydrogen) atoms. The summed E-state index contributed by atoms with van der Waals surface area (Å²) in [5.41, 5.74) is 2.70. The maximum atomic E-state index is 2.38. The maximum absolute atomic E-state index is 2.38. The zero-order valence-corrected chi connectivity index (χ0v) is 13.3. The summed E-state index contributed by atoms with van der Waals surface area (Å²) in [6.07, 6.45) is 2.27. The highest BCUT2D eigenvalue weighted by molar-refractivity contribution is 5.71. The van der Waals surface area contributed by atoms with E-state index >= 15 is 0 Å². The second-order valence-corrected chi connectivity index (χ2v) is 5.70. The molecule has 0 aliphatic rings. The molecule has 0 fully saturated rings. The van der Waals surface area contributed by atoms with E-state index in [1.165, 1.54) is 11.0 Å². The Morgan fingerprint density at radius 3 is 2.33 bits per heavy atom. The van der Waals surface area contributed by atoms with E-state index in [1.54, 1.807) is 0 Å². The van der Waals surface area contributed by atoms with Gasteiger partial charge in [0.2, 0.25) is 6.33 Å². The largest absolute Gasteiger partial charge is 1.00 e. The van der Waals surface area contributed by atoms with Crippen LogP contribution < -0.4 is 21.5 Å². The molecule has 0 unspecified atom stereocenters. The number of fused-ring (bicyclic) bond motifs is 1. The molecule has 0 radical (unpaired) electrons. The van der Waals surface area contributed by atoms with Gasteiger partial charge in [-0.3, -0.25) is 0 Å². The summed E-state index contributed by atoms with van der Waals surface area (Å²) in [5, 5.41) is 0. The van der Waals surface area contributed by atoms with Gasteiger partial charge in [0.1, 0.15) is 0 Å². The molecule has 0 spiro atoms. The molecule has 0 N–H and O–H groups in total. The predicted octanol–water partition coefficient (Wildman–Crippen LogP) is 0.245. The van der Waals surface area contributed by atoms with Gasteiger partial charge in [0.25, 0.3) is 0 Å². The van der Waals surface area contributed by atoms with Gasteiger partial charge in [-0.05, 0) is 24.0 Å². The number of benzene rings is 1. The fourth-order valence-electron chi connectivity index (χ4n) is 2.32. The molecule has 2 rings (SSSR count). The van der Waals surface area contributed by atoms with Gasteiger partial charge in [0.05, 0.1) is 13.1 Å². The molecule has 1 heterocycles. The van der Waals surface area contributed by atoms with E-state index in [9.17, 15) is 0 Å². The highest BCUT2D eigenvalue weighted by Crippen LogP contribution is 2.13. The minimum absolute atomic E-state index is 0. The fourth-order valence-corrected chi connectivity index (χ4v) is 2.32. The topological polar surface area (TPSA) is 8.81 Å². The SMILES string of the molecule is CC(C)Cn1c[n+](CC(C)C)c2ccccc21.[Br-]. The van der Waals surface area contributed by atoms with Crippen LogP contribution in [0.3, 0.4) is 0 Å². The molecule has 0 atom stereocenters. The number of imidazole rings is 1. The molecule has 1 aromatic heterocycles. The number of halogens is 1. The monoisotopic (exact) mass is 310 g/mol. The van der Waals surface area contributed by atoms with Crippen LogP contribution in [0.15, 0.2) is 30.6 Å². The lowest BCUT2D eigenvalue weighted by molar-refractivity contribution is -0.677. The Bertz CT molecular complexity index is 456. The number of hydrogen-bond acceptors (Lipinski definition) is 0. The molecule has 2 aromatic rings. The highest BCUT2D eigenvalue weighted by atomic mass is 79.9. The van der Waals surface area contributed by atoms with Crippen molar-refractivity contribution in [2.45, 2.75) is 40.8 Å². The van der Waals surface area contributed by atoms with Crippen molar-refractivity contribution in [1.82, 2.24) is 4.57 Å². The molecular weight excluding hydrogens is 288 g/mol. The Hall–Kier alpha value is -0.830. The third-order valence-corrected chi connectivity index (χ3v) is 2.90. The molecule has 0 amide bonds. The van der Waals surface area contributed by atoms with Gasteiger partial charge in [-0.1, -0.05) is 39.8 Å². The molecule has 1 aromatic carbocycles. The lowest BCUT2D eigenvalue weighted by Gasteiger charge is -2.01. The van der Waals surface area contributed by atoms with Gasteiger partial charge >= 0.3 is 0 Å². The first-order valence-corrected chi connectivity index (χ1v) is 6.55. The van der Waals surface area contributed by atoms with Gasteiger partial charge in [-0.25, -0.2) is 9.13 Å². The Morgan fingerprint density at radius 1 is 1.06 bits per heavy atom. The Labute approximate surface area is 120 Å². The number of hydrogen-bond donors (Lipinski definition) is 0. The van der Waals surface area contributed by atoms with Gasteiger partial charge in [0, 0.05) is 0 Å². The summed E-state index contributed by atoms with van der Waals surface area (Å²) in [5.74, 6) is 1.36. The standard InChI is InChI=1S/C15H23N2.BrH/c1-12(2)9-16-11-17(10-13(3)4)15-8-6-5-7-14(15)16;/h5-8,11-13H,9-10H2,1-4H3;1H/q+1;/p-1. The maximum Gasteiger partial charge on any atom is 0.244 e. The average Bonchev–Trinajstić information content (AvgIpc) is 2.56. The first-order valence-electron chi connectivity index (χ1n) is 6.55. The predicted molar refractivity (Wildman–Crippen MR) is 71.8 cm³/mol.